The van der Waals surface area contributed by atoms with Crippen LogP contribution in [0.25, 0.3) is 11.1 Å². The van der Waals surface area contributed by atoms with Gasteiger partial charge < -0.3 is 4.90 Å². The number of nitrogens with zero attached hydrogens (tertiary/aromatic N) is 1. The second kappa shape index (κ2) is 10.4. The van der Waals surface area contributed by atoms with Crippen LogP contribution in [0.4, 0.5) is 17.1 Å². The van der Waals surface area contributed by atoms with Crippen molar-refractivity contribution in [3.8, 4) is 11.1 Å². The Morgan fingerprint density at radius 2 is 0.825 bits per heavy atom. The van der Waals surface area contributed by atoms with Crippen LogP contribution in [0.5, 0.6) is 0 Å². The summed E-state index contributed by atoms with van der Waals surface area (Å²) in [5, 5.41) is 0. The number of benzene rings is 6. The largest absolute Gasteiger partial charge is 0.310 e. The molecule has 0 unspecified atom stereocenters. The Hall–Kier alpha value is -4.88. The molecule has 192 valence electrons. The maximum atomic E-state index is 2.46. The fourth-order valence-corrected chi connectivity index (χ4v) is 6.52. The molecule has 7 rings (SSSR count). The van der Waals surface area contributed by atoms with Crippen LogP contribution in [0.1, 0.15) is 22.3 Å². The van der Waals surface area contributed by atoms with Crippen molar-refractivity contribution in [3.63, 3.8) is 0 Å². The summed E-state index contributed by atoms with van der Waals surface area (Å²) in [7, 11) is 0. The maximum absolute atomic E-state index is 2.46. The third-order valence-electron chi connectivity index (χ3n) is 8.24. The van der Waals surface area contributed by atoms with E-state index in [1.165, 1.54) is 39.1 Å². The number of para-hydroxylation sites is 2. The van der Waals surface area contributed by atoms with Crippen LogP contribution in [0.3, 0.4) is 0 Å². The van der Waals surface area contributed by atoms with E-state index in [-0.39, 0.29) is 5.41 Å². The van der Waals surface area contributed by atoms with Crippen molar-refractivity contribution < 1.29 is 0 Å². The van der Waals surface area contributed by atoms with Gasteiger partial charge >= 0.3 is 0 Å². The van der Waals surface area contributed by atoms with Crippen molar-refractivity contribution in [1.82, 2.24) is 0 Å². The van der Waals surface area contributed by atoms with Crippen molar-refractivity contribution in [2.75, 3.05) is 4.90 Å². The third-order valence-corrected chi connectivity index (χ3v) is 8.24. The van der Waals surface area contributed by atoms with Gasteiger partial charge in [-0.25, -0.2) is 0 Å². The van der Waals surface area contributed by atoms with E-state index in [1.54, 1.807) is 0 Å². The van der Waals surface area contributed by atoms with Gasteiger partial charge in [0.15, 0.2) is 0 Å². The van der Waals surface area contributed by atoms with Crippen LogP contribution in [-0.2, 0) is 18.3 Å². The van der Waals surface area contributed by atoms with Crippen molar-refractivity contribution in [3.05, 3.63) is 186 Å². The van der Waals surface area contributed by atoms with E-state index in [0.717, 1.165) is 24.2 Å². The lowest BCUT2D eigenvalue weighted by molar-refractivity contribution is 0.520. The minimum atomic E-state index is -0.191. The smallest absolute Gasteiger partial charge is 0.0465 e. The van der Waals surface area contributed by atoms with Crippen LogP contribution >= 0.6 is 0 Å². The zero-order chi connectivity index (χ0) is 26.8. The highest BCUT2D eigenvalue weighted by Crippen LogP contribution is 2.53. The summed E-state index contributed by atoms with van der Waals surface area (Å²) in [6, 6.07) is 59.5. The summed E-state index contributed by atoms with van der Waals surface area (Å²) in [6.07, 6.45) is 1.87. The summed E-state index contributed by atoms with van der Waals surface area (Å²) in [6.45, 7) is 0. The van der Waals surface area contributed by atoms with Gasteiger partial charge in [0, 0.05) is 22.5 Å². The average Bonchev–Trinajstić information content (AvgIpc) is 3.28. The Balaban J connectivity index is 1.47. The predicted molar refractivity (Wildman–Crippen MR) is 168 cm³/mol. The molecule has 0 saturated heterocycles. The molecule has 0 N–H and O–H groups in total. The first-order valence-corrected chi connectivity index (χ1v) is 14.0. The normalized spacial score (nSPS) is 12.9. The molecule has 0 spiro atoms. The maximum Gasteiger partial charge on any atom is 0.0465 e. The predicted octanol–water partition coefficient (Wildman–Crippen LogP) is 9.91. The molecule has 0 heterocycles. The highest BCUT2D eigenvalue weighted by Gasteiger charge is 2.43. The fraction of sp³-hybridized carbons (Fsp3) is 0.0769. The molecule has 0 aliphatic heterocycles. The van der Waals surface area contributed by atoms with Gasteiger partial charge in [-0.05, 0) is 82.6 Å². The molecular weight excluding hydrogens is 482 g/mol. The molecule has 0 radical (unpaired) electrons. The molecule has 0 bridgehead atoms. The molecule has 6 aromatic rings. The first-order chi connectivity index (χ1) is 19.8. The summed E-state index contributed by atoms with van der Waals surface area (Å²) in [4.78, 5) is 2.37. The van der Waals surface area contributed by atoms with Gasteiger partial charge in [-0.2, -0.15) is 0 Å². The fourth-order valence-electron chi connectivity index (χ4n) is 6.52. The quantitative estimate of drug-likeness (QED) is 0.205. The van der Waals surface area contributed by atoms with E-state index in [4.69, 9.17) is 0 Å². The van der Waals surface area contributed by atoms with Gasteiger partial charge in [0.2, 0.25) is 0 Å². The van der Waals surface area contributed by atoms with Crippen LogP contribution in [0.15, 0.2) is 164 Å². The summed E-state index contributed by atoms with van der Waals surface area (Å²) >= 11 is 0. The zero-order valence-corrected chi connectivity index (χ0v) is 22.4. The second-order valence-corrected chi connectivity index (χ2v) is 10.7. The zero-order valence-electron chi connectivity index (χ0n) is 22.4. The van der Waals surface area contributed by atoms with Gasteiger partial charge in [0.25, 0.3) is 0 Å². The number of anilines is 3. The van der Waals surface area contributed by atoms with E-state index < -0.39 is 0 Å². The highest BCUT2D eigenvalue weighted by molar-refractivity contribution is 5.86. The molecule has 0 saturated carbocycles. The molecule has 0 atom stereocenters. The summed E-state index contributed by atoms with van der Waals surface area (Å²) in [5.74, 6) is 0. The van der Waals surface area contributed by atoms with Crippen molar-refractivity contribution in [2.24, 2.45) is 0 Å². The van der Waals surface area contributed by atoms with Crippen LogP contribution in [0.2, 0.25) is 0 Å². The van der Waals surface area contributed by atoms with Crippen LogP contribution in [0, 0.1) is 0 Å². The average molecular weight is 514 g/mol. The monoisotopic (exact) mass is 513 g/mol. The lowest BCUT2D eigenvalue weighted by atomic mass is 9.69. The molecule has 6 aromatic carbocycles. The minimum absolute atomic E-state index is 0.191. The van der Waals surface area contributed by atoms with Gasteiger partial charge in [-0.3, -0.25) is 0 Å². The number of rotatable bonds is 7. The third kappa shape index (κ3) is 4.30. The van der Waals surface area contributed by atoms with Gasteiger partial charge in [0.05, 0.1) is 0 Å². The lowest BCUT2D eigenvalue weighted by Crippen LogP contribution is -2.31. The number of fused-ring (bicyclic) bond motifs is 3. The van der Waals surface area contributed by atoms with Crippen molar-refractivity contribution in [1.29, 1.82) is 0 Å². The van der Waals surface area contributed by atoms with Crippen molar-refractivity contribution in [2.45, 2.75) is 18.3 Å². The number of hydrogen-bond acceptors (Lipinski definition) is 1. The SMILES string of the molecule is c1ccc(CC2(Cc3ccccc3)c3ccccc3-c3ccc(N(c4ccccc4)c4ccccc4)cc32)cc1. The van der Waals surface area contributed by atoms with Crippen LogP contribution < -0.4 is 4.90 Å². The molecule has 1 aliphatic carbocycles. The molecule has 1 nitrogen and oxygen atoms in total. The second-order valence-electron chi connectivity index (χ2n) is 10.7. The standard InChI is InChI=1S/C39H31N/c1-5-15-30(16-6-1)28-39(29-31-17-7-2-8-18-31)37-24-14-13-23-35(37)36-26-25-34(27-38(36)39)40(32-19-9-3-10-20-32)33-21-11-4-12-22-33/h1-27H,28-29H2. The van der Waals surface area contributed by atoms with E-state index in [1.807, 2.05) is 0 Å². The molecule has 1 heteroatoms. The Kier molecular flexibility index (Phi) is 6.26. The Morgan fingerprint density at radius 3 is 1.38 bits per heavy atom. The van der Waals surface area contributed by atoms with Gasteiger partial charge in [-0.15, -0.1) is 0 Å². The molecular formula is C39H31N. The molecule has 0 fully saturated rings. The van der Waals surface area contributed by atoms with Gasteiger partial charge in [-0.1, -0.05) is 127 Å². The highest BCUT2D eigenvalue weighted by atomic mass is 15.1. The first kappa shape index (κ1) is 24.2. The Morgan fingerprint density at radius 1 is 0.375 bits per heavy atom. The Labute approximate surface area is 237 Å². The van der Waals surface area contributed by atoms with E-state index in [0.29, 0.717) is 0 Å². The van der Waals surface area contributed by atoms with Gasteiger partial charge in [0.1, 0.15) is 0 Å². The first-order valence-electron chi connectivity index (χ1n) is 14.0. The molecule has 0 aromatic heterocycles. The molecule has 0 amide bonds. The summed E-state index contributed by atoms with van der Waals surface area (Å²) < 4.78 is 0. The topological polar surface area (TPSA) is 3.24 Å². The summed E-state index contributed by atoms with van der Waals surface area (Å²) in [5.41, 5.74) is 11.5. The number of hydrogen-bond donors (Lipinski definition) is 0. The van der Waals surface area contributed by atoms with E-state index >= 15 is 0 Å². The molecule has 1 aliphatic rings. The van der Waals surface area contributed by atoms with Crippen LogP contribution in [-0.4, -0.2) is 0 Å². The van der Waals surface area contributed by atoms with Crippen molar-refractivity contribution >= 4 is 17.1 Å². The van der Waals surface area contributed by atoms with E-state index in [9.17, 15) is 0 Å². The Bertz CT molecular complexity index is 1640. The lowest BCUT2D eigenvalue weighted by Gasteiger charge is -2.34. The molecule has 40 heavy (non-hydrogen) atoms. The minimum Gasteiger partial charge on any atom is -0.310 e. The van der Waals surface area contributed by atoms with E-state index in [2.05, 4.69) is 169 Å².